The van der Waals surface area contributed by atoms with Gasteiger partial charge in [0.05, 0.1) is 0 Å². The maximum Gasteiger partial charge on any atom is 0.120 e. The van der Waals surface area contributed by atoms with Gasteiger partial charge in [-0.25, -0.2) is 0 Å². The molecule has 0 aliphatic heterocycles. The largest absolute Gasteiger partial charge is 0.508 e. The van der Waals surface area contributed by atoms with Crippen molar-refractivity contribution in [2.24, 2.45) is 5.92 Å². The molecule has 2 heteroatoms. The molecule has 1 aromatic rings. The second kappa shape index (κ2) is 3.91. The number of aromatic hydroxyl groups is 1. The Morgan fingerprint density at radius 2 is 2.21 bits per heavy atom. The molecule has 1 saturated carbocycles. The zero-order valence-electron chi connectivity index (χ0n) is 8.59. The minimum absolute atomic E-state index is 0.376. The van der Waals surface area contributed by atoms with Crippen LogP contribution in [0.2, 0.25) is 0 Å². The molecule has 0 spiro atoms. The molecule has 0 atom stereocenters. The molecule has 1 aliphatic carbocycles. The predicted molar refractivity (Wildman–Crippen MR) is 58.7 cm³/mol. The van der Waals surface area contributed by atoms with E-state index in [4.69, 9.17) is 0 Å². The quantitative estimate of drug-likeness (QED) is 0.767. The summed E-state index contributed by atoms with van der Waals surface area (Å²) < 4.78 is 0. The SMILES string of the molecule is Cc1ccc(NCCC2CC2)cc1O. The van der Waals surface area contributed by atoms with Gasteiger partial charge in [-0.3, -0.25) is 0 Å². The first-order valence-corrected chi connectivity index (χ1v) is 5.29. The maximum atomic E-state index is 9.48. The molecule has 0 aromatic heterocycles. The van der Waals surface area contributed by atoms with Crippen LogP contribution in [0.25, 0.3) is 0 Å². The van der Waals surface area contributed by atoms with Gasteiger partial charge in [-0.05, 0) is 30.9 Å². The van der Waals surface area contributed by atoms with Gasteiger partial charge in [0.15, 0.2) is 0 Å². The molecule has 0 heterocycles. The molecule has 2 nitrogen and oxygen atoms in total. The van der Waals surface area contributed by atoms with Gasteiger partial charge in [0.2, 0.25) is 0 Å². The molecule has 76 valence electrons. The fourth-order valence-electron chi connectivity index (χ4n) is 1.55. The molecule has 14 heavy (non-hydrogen) atoms. The van der Waals surface area contributed by atoms with Crippen LogP contribution in [0.5, 0.6) is 5.75 Å². The van der Waals surface area contributed by atoms with Crippen LogP contribution in [-0.2, 0) is 0 Å². The normalized spacial score (nSPS) is 15.5. The molecule has 2 rings (SSSR count). The van der Waals surface area contributed by atoms with Gasteiger partial charge in [-0.15, -0.1) is 0 Å². The van der Waals surface area contributed by atoms with Crippen LogP contribution < -0.4 is 5.32 Å². The highest BCUT2D eigenvalue weighted by molar-refractivity contribution is 5.50. The summed E-state index contributed by atoms with van der Waals surface area (Å²) in [5, 5.41) is 12.8. The summed E-state index contributed by atoms with van der Waals surface area (Å²) in [7, 11) is 0. The van der Waals surface area contributed by atoms with Crippen molar-refractivity contribution in [1.82, 2.24) is 0 Å². The maximum absolute atomic E-state index is 9.48. The molecular weight excluding hydrogens is 174 g/mol. The van der Waals surface area contributed by atoms with Gasteiger partial charge in [-0.2, -0.15) is 0 Å². The number of anilines is 1. The van der Waals surface area contributed by atoms with Crippen molar-refractivity contribution in [3.05, 3.63) is 23.8 Å². The number of rotatable bonds is 4. The van der Waals surface area contributed by atoms with Crippen molar-refractivity contribution in [2.75, 3.05) is 11.9 Å². The summed E-state index contributed by atoms with van der Waals surface area (Å²) in [5.74, 6) is 1.34. The van der Waals surface area contributed by atoms with E-state index in [1.54, 1.807) is 6.07 Å². The molecule has 1 aromatic carbocycles. The van der Waals surface area contributed by atoms with Gasteiger partial charge < -0.3 is 10.4 Å². The Kier molecular flexibility index (Phi) is 2.62. The minimum Gasteiger partial charge on any atom is -0.508 e. The highest BCUT2D eigenvalue weighted by Crippen LogP contribution is 2.32. The zero-order chi connectivity index (χ0) is 9.97. The van der Waals surface area contributed by atoms with E-state index in [-0.39, 0.29) is 0 Å². The van der Waals surface area contributed by atoms with E-state index in [1.165, 1.54) is 19.3 Å². The van der Waals surface area contributed by atoms with Crippen molar-refractivity contribution in [1.29, 1.82) is 0 Å². The molecule has 1 aliphatic rings. The lowest BCUT2D eigenvalue weighted by Gasteiger charge is -2.07. The van der Waals surface area contributed by atoms with Crippen LogP contribution in [0.1, 0.15) is 24.8 Å². The van der Waals surface area contributed by atoms with Gasteiger partial charge in [0.25, 0.3) is 0 Å². The Bertz CT molecular complexity index is 318. The van der Waals surface area contributed by atoms with Gasteiger partial charge >= 0.3 is 0 Å². The van der Waals surface area contributed by atoms with E-state index >= 15 is 0 Å². The van der Waals surface area contributed by atoms with E-state index in [0.717, 1.165) is 23.7 Å². The fraction of sp³-hybridized carbons (Fsp3) is 0.500. The van der Waals surface area contributed by atoms with Crippen LogP contribution in [0.15, 0.2) is 18.2 Å². The highest BCUT2D eigenvalue weighted by Gasteiger charge is 2.19. The minimum atomic E-state index is 0.376. The lowest BCUT2D eigenvalue weighted by molar-refractivity contribution is 0.471. The summed E-state index contributed by atoms with van der Waals surface area (Å²) in [6.07, 6.45) is 4.07. The smallest absolute Gasteiger partial charge is 0.120 e. The Morgan fingerprint density at radius 1 is 1.43 bits per heavy atom. The number of aryl methyl sites for hydroxylation is 1. The first-order valence-electron chi connectivity index (χ1n) is 5.29. The monoisotopic (exact) mass is 191 g/mol. The standard InChI is InChI=1S/C12H17NO/c1-9-2-5-11(8-12(9)14)13-7-6-10-3-4-10/h2,5,8,10,13-14H,3-4,6-7H2,1H3. The second-order valence-electron chi connectivity index (χ2n) is 4.16. The van der Waals surface area contributed by atoms with Crippen LogP contribution in [0.3, 0.4) is 0 Å². The first-order chi connectivity index (χ1) is 6.75. The molecular formula is C12H17NO. The number of nitrogens with one attached hydrogen (secondary N) is 1. The summed E-state index contributed by atoms with van der Waals surface area (Å²) in [5.41, 5.74) is 1.95. The Balaban J connectivity index is 1.85. The third-order valence-electron chi connectivity index (χ3n) is 2.79. The van der Waals surface area contributed by atoms with Crippen LogP contribution >= 0.6 is 0 Å². The topological polar surface area (TPSA) is 32.3 Å². The zero-order valence-corrected chi connectivity index (χ0v) is 8.59. The second-order valence-corrected chi connectivity index (χ2v) is 4.16. The Morgan fingerprint density at radius 3 is 2.86 bits per heavy atom. The highest BCUT2D eigenvalue weighted by atomic mass is 16.3. The molecule has 0 saturated heterocycles. The van der Waals surface area contributed by atoms with E-state index in [9.17, 15) is 5.11 Å². The lowest BCUT2D eigenvalue weighted by atomic mass is 10.2. The van der Waals surface area contributed by atoms with Crippen molar-refractivity contribution in [3.8, 4) is 5.75 Å². The Labute approximate surface area is 85.0 Å². The van der Waals surface area contributed by atoms with Crippen molar-refractivity contribution >= 4 is 5.69 Å². The van der Waals surface area contributed by atoms with Gasteiger partial charge in [0, 0.05) is 18.3 Å². The van der Waals surface area contributed by atoms with Gasteiger partial charge in [-0.1, -0.05) is 18.9 Å². The number of benzene rings is 1. The summed E-state index contributed by atoms with van der Waals surface area (Å²) in [6, 6.07) is 5.75. The fourth-order valence-corrected chi connectivity index (χ4v) is 1.55. The van der Waals surface area contributed by atoms with E-state index in [0.29, 0.717) is 5.75 Å². The van der Waals surface area contributed by atoms with Crippen LogP contribution in [0.4, 0.5) is 5.69 Å². The van der Waals surface area contributed by atoms with Crippen molar-refractivity contribution in [3.63, 3.8) is 0 Å². The summed E-state index contributed by atoms with van der Waals surface area (Å²) >= 11 is 0. The predicted octanol–water partition coefficient (Wildman–Crippen LogP) is 2.91. The third kappa shape index (κ3) is 2.41. The van der Waals surface area contributed by atoms with E-state index in [2.05, 4.69) is 5.32 Å². The third-order valence-corrected chi connectivity index (χ3v) is 2.79. The van der Waals surface area contributed by atoms with E-state index in [1.807, 2.05) is 19.1 Å². The molecule has 1 fully saturated rings. The summed E-state index contributed by atoms with van der Waals surface area (Å²) in [4.78, 5) is 0. The molecule has 0 amide bonds. The Hall–Kier alpha value is -1.18. The summed E-state index contributed by atoms with van der Waals surface area (Å²) in [6.45, 7) is 2.93. The molecule has 2 N–H and O–H groups in total. The van der Waals surface area contributed by atoms with Crippen LogP contribution in [-0.4, -0.2) is 11.7 Å². The number of hydrogen-bond donors (Lipinski definition) is 2. The number of phenolic OH excluding ortho intramolecular Hbond substituents is 1. The average Bonchev–Trinajstić information content (AvgIpc) is 2.95. The lowest BCUT2D eigenvalue weighted by Crippen LogP contribution is -2.01. The first kappa shape index (κ1) is 9.38. The van der Waals surface area contributed by atoms with Crippen molar-refractivity contribution < 1.29 is 5.11 Å². The van der Waals surface area contributed by atoms with E-state index < -0.39 is 0 Å². The van der Waals surface area contributed by atoms with Crippen LogP contribution in [0, 0.1) is 12.8 Å². The molecule has 0 bridgehead atoms. The van der Waals surface area contributed by atoms with Gasteiger partial charge in [0.1, 0.15) is 5.75 Å². The number of phenols is 1. The number of hydrogen-bond acceptors (Lipinski definition) is 2. The average molecular weight is 191 g/mol. The molecule has 0 radical (unpaired) electrons. The van der Waals surface area contributed by atoms with Crippen molar-refractivity contribution in [2.45, 2.75) is 26.2 Å². The molecule has 0 unspecified atom stereocenters.